The molecule has 0 bridgehead atoms. The molecule has 0 unspecified atom stereocenters. The monoisotopic (exact) mass is 456 g/mol. The van der Waals surface area contributed by atoms with E-state index in [1.807, 2.05) is 0 Å². The van der Waals surface area contributed by atoms with E-state index in [4.69, 9.17) is 4.99 Å². The molecule has 1 aromatic carbocycles. The summed E-state index contributed by atoms with van der Waals surface area (Å²) in [5.74, 6) is 1.85. The number of halogens is 1. The summed E-state index contributed by atoms with van der Waals surface area (Å²) < 4.78 is 0. The van der Waals surface area contributed by atoms with Crippen molar-refractivity contribution < 1.29 is 0 Å². The van der Waals surface area contributed by atoms with Crippen molar-refractivity contribution in [3.63, 3.8) is 0 Å². The highest BCUT2D eigenvalue weighted by Gasteiger charge is 2.22. The number of aliphatic imine (C=N–C) groups is 1. The van der Waals surface area contributed by atoms with Gasteiger partial charge in [-0.1, -0.05) is 31.2 Å². The van der Waals surface area contributed by atoms with Crippen LogP contribution in [0, 0.1) is 5.92 Å². The Bertz CT molecular complexity index is 548. The average molecular weight is 456 g/mol. The first-order valence-electron chi connectivity index (χ1n) is 9.58. The third-order valence-electron chi connectivity index (χ3n) is 5.06. The van der Waals surface area contributed by atoms with Gasteiger partial charge in [-0.15, -0.1) is 24.0 Å². The summed E-state index contributed by atoms with van der Waals surface area (Å²) >= 11 is 0. The van der Waals surface area contributed by atoms with Gasteiger partial charge >= 0.3 is 0 Å². The van der Waals surface area contributed by atoms with Crippen molar-refractivity contribution in [2.24, 2.45) is 10.9 Å². The predicted molar refractivity (Wildman–Crippen MR) is 117 cm³/mol. The van der Waals surface area contributed by atoms with Gasteiger partial charge in [-0.25, -0.2) is 4.99 Å². The van der Waals surface area contributed by atoms with Crippen LogP contribution in [0.1, 0.15) is 50.7 Å². The first-order chi connectivity index (χ1) is 11.7. The molecule has 5 heteroatoms. The highest BCUT2D eigenvalue weighted by molar-refractivity contribution is 14.0. The number of hydrogen-bond donors (Lipinski definition) is 2. The van der Waals surface area contributed by atoms with E-state index in [1.165, 1.54) is 49.9 Å². The number of piperidine rings is 1. The molecule has 1 aliphatic carbocycles. The topological polar surface area (TPSA) is 39.7 Å². The largest absolute Gasteiger partial charge is 0.357 e. The van der Waals surface area contributed by atoms with E-state index in [0.717, 1.165) is 31.5 Å². The van der Waals surface area contributed by atoms with Crippen LogP contribution >= 0.6 is 24.0 Å². The summed E-state index contributed by atoms with van der Waals surface area (Å²) in [6.45, 7) is 9.67. The fourth-order valence-corrected chi connectivity index (χ4v) is 3.23. The van der Waals surface area contributed by atoms with Crippen molar-refractivity contribution in [1.82, 2.24) is 15.5 Å². The highest BCUT2D eigenvalue weighted by atomic mass is 127. The Balaban J connectivity index is 0.00000225. The van der Waals surface area contributed by atoms with Gasteiger partial charge in [0.25, 0.3) is 0 Å². The van der Waals surface area contributed by atoms with Crippen LogP contribution in [0.25, 0.3) is 0 Å². The van der Waals surface area contributed by atoms with E-state index < -0.39 is 0 Å². The summed E-state index contributed by atoms with van der Waals surface area (Å²) in [7, 11) is 0. The quantitative estimate of drug-likeness (QED) is 0.389. The van der Waals surface area contributed by atoms with Crippen LogP contribution < -0.4 is 10.6 Å². The third kappa shape index (κ3) is 6.77. The van der Waals surface area contributed by atoms with Gasteiger partial charge in [-0.05, 0) is 62.7 Å². The zero-order valence-electron chi connectivity index (χ0n) is 15.6. The molecule has 0 aromatic heterocycles. The van der Waals surface area contributed by atoms with Crippen molar-refractivity contribution in [3.05, 3.63) is 35.4 Å². The lowest BCUT2D eigenvalue weighted by molar-refractivity contribution is 0.185. The van der Waals surface area contributed by atoms with Crippen LogP contribution in [-0.2, 0) is 13.1 Å². The highest BCUT2D eigenvalue weighted by Crippen LogP contribution is 2.20. The Morgan fingerprint density at radius 2 is 1.80 bits per heavy atom. The maximum atomic E-state index is 4.81. The van der Waals surface area contributed by atoms with E-state index in [9.17, 15) is 0 Å². The molecule has 25 heavy (non-hydrogen) atoms. The van der Waals surface area contributed by atoms with Gasteiger partial charge in [0, 0.05) is 19.1 Å². The van der Waals surface area contributed by atoms with Gasteiger partial charge in [0.15, 0.2) is 5.96 Å². The number of likely N-dealkylation sites (tertiary alicyclic amines) is 1. The molecule has 2 N–H and O–H groups in total. The van der Waals surface area contributed by atoms with Crippen LogP contribution in [0.5, 0.6) is 0 Å². The Morgan fingerprint density at radius 1 is 1.12 bits per heavy atom. The second-order valence-electron chi connectivity index (χ2n) is 7.34. The predicted octanol–water partition coefficient (Wildman–Crippen LogP) is 3.75. The lowest BCUT2D eigenvalue weighted by Gasteiger charge is -2.30. The average Bonchev–Trinajstić information content (AvgIpc) is 3.40. The summed E-state index contributed by atoms with van der Waals surface area (Å²) in [6.07, 6.45) is 5.20. The molecule has 0 spiro atoms. The summed E-state index contributed by atoms with van der Waals surface area (Å²) in [5, 5.41) is 6.85. The SMILES string of the molecule is CCNC(=NCc1ccccc1CN1CCC(C)CC1)NC1CC1.I. The molecular weight excluding hydrogens is 423 g/mol. The smallest absolute Gasteiger partial charge is 0.191 e. The lowest BCUT2D eigenvalue weighted by atomic mass is 9.98. The molecule has 1 saturated carbocycles. The van der Waals surface area contributed by atoms with E-state index in [1.54, 1.807) is 0 Å². The van der Waals surface area contributed by atoms with Crippen LogP contribution in [0.4, 0.5) is 0 Å². The van der Waals surface area contributed by atoms with Crippen LogP contribution in [0.3, 0.4) is 0 Å². The van der Waals surface area contributed by atoms with Gasteiger partial charge in [0.2, 0.25) is 0 Å². The molecule has 1 saturated heterocycles. The molecule has 3 rings (SSSR count). The first kappa shape index (κ1) is 20.5. The van der Waals surface area contributed by atoms with Crippen LogP contribution in [-0.4, -0.2) is 36.5 Å². The zero-order chi connectivity index (χ0) is 16.8. The Morgan fingerprint density at radius 3 is 2.44 bits per heavy atom. The zero-order valence-corrected chi connectivity index (χ0v) is 18.0. The van der Waals surface area contributed by atoms with Crippen molar-refractivity contribution in [3.8, 4) is 0 Å². The molecular formula is C20H33IN4. The van der Waals surface area contributed by atoms with Crippen LogP contribution in [0.2, 0.25) is 0 Å². The molecule has 0 atom stereocenters. The maximum Gasteiger partial charge on any atom is 0.191 e. The molecule has 0 amide bonds. The van der Waals surface area contributed by atoms with Gasteiger partial charge in [0.1, 0.15) is 0 Å². The number of benzene rings is 1. The summed E-state index contributed by atoms with van der Waals surface area (Å²) in [5.41, 5.74) is 2.78. The third-order valence-corrected chi connectivity index (χ3v) is 5.06. The normalized spacial score (nSPS) is 19.4. The summed E-state index contributed by atoms with van der Waals surface area (Å²) in [6, 6.07) is 9.42. The van der Waals surface area contributed by atoms with E-state index in [-0.39, 0.29) is 24.0 Å². The Labute approximate surface area is 169 Å². The molecule has 4 nitrogen and oxygen atoms in total. The second-order valence-corrected chi connectivity index (χ2v) is 7.34. The van der Waals surface area contributed by atoms with Gasteiger partial charge in [-0.2, -0.15) is 0 Å². The molecule has 1 aliphatic heterocycles. The van der Waals surface area contributed by atoms with E-state index in [2.05, 4.69) is 53.6 Å². The van der Waals surface area contributed by atoms with E-state index in [0.29, 0.717) is 6.04 Å². The number of rotatable bonds is 6. The molecule has 140 valence electrons. The second kappa shape index (κ2) is 10.4. The van der Waals surface area contributed by atoms with Gasteiger partial charge in [0.05, 0.1) is 6.54 Å². The maximum absolute atomic E-state index is 4.81. The van der Waals surface area contributed by atoms with Crippen LogP contribution in [0.15, 0.2) is 29.3 Å². The standard InChI is InChI=1S/C20H32N4.HI/c1-3-21-20(23-19-8-9-19)22-14-17-6-4-5-7-18(17)15-24-12-10-16(2)11-13-24;/h4-7,16,19H,3,8-15H2,1-2H3,(H2,21,22,23);1H. The van der Waals surface area contributed by atoms with Crippen molar-refractivity contribution >= 4 is 29.9 Å². The molecule has 0 radical (unpaired) electrons. The molecule has 2 fully saturated rings. The van der Waals surface area contributed by atoms with Crippen molar-refractivity contribution in [1.29, 1.82) is 0 Å². The molecule has 1 aromatic rings. The van der Waals surface area contributed by atoms with Gasteiger partial charge < -0.3 is 10.6 Å². The minimum absolute atomic E-state index is 0. The number of hydrogen-bond acceptors (Lipinski definition) is 2. The Kier molecular flexibility index (Phi) is 8.49. The van der Waals surface area contributed by atoms with Crippen molar-refractivity contribution in [2.75, 3.05) is 19.6 Å². The fourth-order valence-electron chi connectivity index (χ4n) is 3.23. The molecule has 1 heterocycles. The van der Waals surface area contributed by atoms with Gasteiger partial charge in [-0.3, -0.25) is 4.90 Å². The lowest BCUT2D eigenvalue weighted by Crippen LogP contribution is -2.38. The number of nitrogens with one attached hydrogen (secondary N) is 2. The fraction of sp³-hybridized carbons (Fsp3) is 0.650. The number of nitrogens with zero attached hydrogens (tertiary/aromatic N) is 2. The first-order valence-corrected chi connectivity index (χ1v) is 9.58. The van der Waals surface area contributed by atoms with E-state index >= 15 is 0 Å². The minimum atomic E-state index is 0. The minimum Gasteiger partial charge on any atom is -0.357 e. The van der Waals surface area contributed by atoms with Crippen molar-refractivity contribution in [2.45, 2.75) is 58.7 Å². The summed E-state index contributed by atoms with van der Waals surface area (Å²) in [4.78, 5) is 7.40. The molecule has 2 aliphatic rings. The Hall–Kier alpha value is -0.820. The number of guanidine groups is 1.